The summed E-state index contributed by atoms with van der Waals surface area (Å²) in [5.41, 5.74) is 6.43. The van der Waals surface area contributed by atoms with Crippen LogP contribution in [0.4, 0.5) is 4.79 Å². The van der Waals surface area contributed by atoms with Crippen LogP contribution in [0, 0.1) is 27.7 Å². The third-order valence-electron chi connectivity index (χ3n) is 6.10. The van der Waals surface area contributed by atoms with Gasteiger partial charge >= 0.3 is 0 Å². The van der Waals surface area contributed by atoms with E-state index >= 15 is 0 Å². The van der Waals surface area contributed by atoms with Crippen molar-refractivity contribution in [2.24, 2.45) is 0 Å². The third-order valence-corrected chi connectivity index (χ3v) is 7.01. The van der Waals surface area contributed by atoms with E-state index in [9.17, 15) is 14.4 Å². The predicted molar refractivity (Wildman–Crippen MR) is 125 cm³/mol. The lowest BCUT2D eigenvalue weighted by atomic mass is 10.1. The van der Waals surface area contributed by atoms with E-state index in [0.29, 0.717) is 31.2 Å². The fourth-order valence-electron chi connectivity index (χ4n) is 4.11. The van der Waals surface area contributed by atoms with Crippen LogP contribution in [0.2, 0.25) is 0 Å². The standard InChI is InChI=1S/C24H27N3O4S/c1-15-6-5-7-20(17(15)3)27-16(2)12-19(18(27)4)13-21-23(29)26(24(30)32-21)14-22(28)25-8-10-31-11-9-25/h5-7,12-13H,8-11,14H2,1-4H3/b21-13+. The molecule has 2 aliphatic heterocycles. The van der Waals surface area contributed by atoms with Crippen molar-refractivity contribution in [2.45, 2.75) is 27.7 Å². The van der Waals surface area contributed by atoms with Gasteiger partial charge in [-0.15, -0.1) is 0 Å². The zero-order valence-corrected chi connectivity index (χ0v) is 19.6. The largest absolute Gasteiger partial charge is 0.378 e. The molecule has 0 saturated carbocycles. The van der Waals surface area contributed by atoms with Gasteiger partial charge in [0, 0.05) is 30.2 Å². The van der Waals surface area contributed by atoms with Crippen molar-refractivity contribution < 1.29 is 19.1 Å². The molecule has 4 rings (SSSR count). The van der Waals surface area contributed by atoms with Crippen LogP contribution >= 0.6 is 11.8 Å². The molecule has 32 heavy (non-hydrogen) atoms. The van der Waals surface area contributed by atoms with Gasteiger partial charge in [-0.3, -0.25) is 19.3 Å². The molecule has 2 aromatic rings. The molecule has 0 bridgehead atoms. The van der Waals surface area contributed by atoms with Gasteiger partial charge in [-0.2, -0.15) is 0 Å². The van der Waals surface area contributed by atoms with Gasteiger partial charge in [-0.1, -0.05) is 12.1 Å². The van der Waals surface area contributed by atoms with Gasteiger partial charge in [0.25, 0.3) is 11.1 Å². The number of thioether (sulfide) groups is 1. The van der Waals surface area contributed by atoms with Gasteiger partial charge in [0.05, 0.1) is 18.1 Å². The Morgan fingerprint density at radius 1 is 1.12 bits per heavy atom. The number of aromatic nitrogens is 1. The Morgan fingerprint density at radius 3 is 2.56 bits per heavy atom. The lowest BCUT2D eigenvalue weighted by Gasteiger charge is -2.28. The Bertz CT molecular complexity index is 1130. The zero-order chi connectivity index (χ0) is 23.0. The highest BCUT2D eigenvalue weighted by molar-refractivity contribution is 8.18. The molecule has 1 aromatic carbocycles. The maximum absolute atomic E-state index is 12.9. The second-order valence-corrected chi connectivity index (χ2v) is 9.14. The molecule has 1 aromatic heterocycles. The predicted octanol–water partition coefficient (Wildman–Crippen LogP) is 3.61. The minimum atomic E-state index is -0.418. The number of benzene rings is 1. The van der Waals surface area contributed by atoms with E-state index in [4.69, 9.17) is 4.74 Å². The number of carbonyl (C=O) groups excluding carboxylic acids is 3. The van der Waals surface area contributed by atoms with Gasteiger partial charge in [0.1, 0.15) is 6.54 Å². The quantitative estimate of drug-likeness (QED) is 0.662. The highest BCUT2D eigenvalue weighted by Gasteiger charge is 2.37. The monoisotopic (exact) mass is 453 g/mol. The van der Waals surface area contributed by atoms with Gasteiger partial charge < -0.3 is 14.2 Å². The first-order valence-electron chi connectivity index (χ1n) is 10.6. The number of aryl methyl sites for hydroxylation is 2. The molecule has 2 fully saturated rings. The van der Waals surface area contributed by atoms with Crippen LogP contribution in [0.1, 0.15) is 28.1 Å². The molecule has 3 heterocycles. The number of carbonyl (C=O) groups is 3. The summed E-state index contributed by atoms with van der Waals surface area (Å²) in [6.45, 7) is 9.90. The van der Waals surface area contributed by atoms with Gasteiger partial charge in [-0.25, -0.2) is 0 Å². The molecule has 3 amide bonds. The molecule has 0 N–H and O–H groups in total. The third kappa shape index (κ3) is 4.12. The van der Waals surface area contributed by atoms with E-state index in [1.165, 1.54) is 11.1 Å². The lowest BCUT2D eigenvalue weighted by Crippen LogP contribution is -2.46. The van der Waals surface area contributed by atoms with E-state index in [-0.39, 0.29) is 12.5 Å². The van der Waals surface area contributed by atoms with E-state index < -0.39 is 11.1 Å². The van der Waals surface area contributed by atoms with Gasteiger partial charge in [0.2, 0.25) is 5.91 Å². The average Bonchev–Trinajstić information content (AvgIpc) is 3.20. The lowest BCUT2D eigenvalue weighted by molar-refractivity contribution is -0.139. The first-order chi connectivity index (χ1) is 15.3. The molecule has 2 aliphatic rings. The molecular weight excluding hydrogens is 426 g/mol. The summed E-state index contributed by atoms with van der Waals surface area (Å²) in [6.07, 6.45) is 1.76. The van der Waals surface area contributed by atoms with Crippen LogP contribution in [-0.2, 0) is 14.3 Å². The first-order valence-corrected chi connectivity index (χ1v) is 11.5. The average molecular weight is 454 g/mol. The molecule has 0 unspecified atom stereocenters. The van der Waals surface area contributed by atoms with Crippen molar-refractivity contribution in [3.8, 4) is 5.69 Å². The van der Waals surface area contributed by atoms with Gasteiger partial charge in [0.15, 0.2) is 0 Å². The zero-order valence-electron chi connectivity index (χ0n) is 18.8. The summed E-state index contributed by atoms with van der Waals surface area (Å²) in [4.78, 5) is 40.9. The summed E-state index contributed by atoms with van der Waals surface area (Å²) < 4.78 is 7.42. The Hall–Kier alpha value is -2.84. The van der Waals surface area contributed by atoms with E-state index in [2.05, 4.69) is 30.5 Å². The fourth-order valence-corrected chi connectivity index (χ4v) is 4.94. The summed E-state index contributed by atoms with van der Waals surface area (Å²) in [5.74, 6) is -0.650. The van der Waals surface area contributed by atoms with Crippen molar-refractivity contribution >= 4 is 34.9 Å². The van der Waals surface area contributed by atoms with Crippen LogP contribution in [0.15, 0.2) is 29.2 Å². The number of ether oxygens (including phenoxy) is 1. The smallest absolute Gasteiger partial charge is 0.294 e. The minimum Gasteiger partial charge on any atom is -0.378 e. The highest BCUT2D eigenvalue weighted by Crippen LogP contribution is 2.34. The molecule has 168 valence electrons. The molecular formula is C24H27N3O4S. The van der Waals surface area contributed by atoms with Crippen molar-refractivity contribution in [2.75, 3.05) is 32.8 Å². The van der Waals surface area contributed by atoms with Crippen molar-refractivity contribution in [1.29, 1.82) is 0 Å². The molecule has 0 atom stereocenters. The normalized spacial score (nSPS) is 18.2. The summed E-state index contributed by atoms with van der Waals surface area (Å²) >= 11 is 0.884. The van der Waals surface area contributed by atoms with Crippen molar-refractivity contribution in [1.82, 2.24) is 14.4 Å². The van der Waals surface area contributed by atoms with Crippen molar-refractivity contribution in [3.63, 3.8) is 0 Å². The molecule has 0 radical (unpaired) electrons. The maximum Gasteiger partial charge on any atom is 0.294 e. The minimum absolute atomic E-state index is 0.232. The number of rotatable bonds is 4. The Labute approximate surface area is 192 Å². The van der Waals surface area contributed by atoms with Crippen LogP contribution in [-0.4, -0.2) is 64.3 Å². The van der Waals surface area contributed by atoms with E-state index in [1.807, 2.05) is 26.0 Å². The number of hydrogen-bond acceptors (Lipinski definition) is 5. The van der Waals surface area contributed by atoms with Crippen LogP contribution in [0.5, 0.6) is 0 Å². The number of imide groups is 1. The summed E-state index contributed by atoms with van der Waals surface area (Å²) in [5, 5.41) is -0.411. The maximum atomic E-state index is 12.9. The highest BCUT2D eigenvalue weighted by atomic mass is 32.2. The summed E-state index contributed by atoms with van der Waals surface area (Å²) in [6, 6.07) is 8.22. The van der Waals surface area contributed by atoms with Crippen LogP contribution in [0.25, 0.3) is 11.8 Å². The first kappa shape index (κ1) is 22.4. The second kappa shape index (κ2) is 8.96. The molecule has 7 nitrogen and oxygen atoms in total. The van der Waals surface area contributed by atoms with Crippen LogP contribution in [0.3, 0.4) is 0 Å². The molecule has 8 heteroatoms. The second-order valence-electron chi connectivity index (χ2n) is 8.14. The van der Waals surface area contributed by atoms with E-state index in [1.54, 1.807) is 11.0 Å². The number of hydrogen-bond donors (Lipinski definition) is 0. The molecule has 0 spiro atoms. The number of morpholine rings is 1. The topological polar surface area (TPSA) is 71.8 Å². The van der Waals surface area contributed by atoms with E-state index in [0.717, 1.165) is 39.3 Å². The van der Waals surface area contributed by atoms with Crippen LogP contribution < -0.4 is 0 Å². The molecule has 2 saturated heterocycles. The van der Waals surface area contributed by atoms with Crippen molar-refractivity contribution in [3.05, 3.63) is 57.2 Å². The fraction of sp³-hybridized carbons (Fsp3) is 0.375. The number of nitrogens with zero attached hydrogens (tertiary/aromatic N) is 3. The Balaban J connectivity index is 1.58. The Morgan fingerprint density at radius 2 is 1.84 bits per heavy atom. The molecule has 0 aliphatic carbocycles. The summed E-state index contributed by atoms with van der Waals surface area (Å²) in [7, 11) is 0. The van der Waals surface area contributed by atoms with Gasteiger partial charge in [-0.05, 0) is 74.4 Å². The number of amides is 3. The SMILES string of the molecule is Cc1cccc(-n2c(C)cc(/C=C3/SC(=O)N(CC(=O)N4CCOCC4)C3=O)c2C)c1C. The Kier molecular flexibility index (Phi) is 6.26.